The number of hydrogen-bond donors (Lipinski definition) is 2. The minimum Gasteiger partial charge on any atom is -0.408 e. The van der Waals surface area contributed by atoms with E-state index in [0.717, 1.165) is 18.5 Å². The molecule has 5 nitrogen and oxygen atoms in total. The Bertz CT molecular complexity index is 529. The van der Waals surface area contributed by atoms with Crippen LogP contribution in [-0.4, -0.2) is 35.3 Å². The van der Waals surface area contributed by atoms with E-state index in [2.05, 4.69) is 4.98 Å². The van der Waals surface area contributed by atoms with Gasteiger partial charge in [0.2, 0.25) is 0 Å². The number of aromatic amines is 1. The van der Waals surface area contributed by atoms with Crippen LogP contribution in [0.2, 0.25) is 0 Å². The Morgan fingerprint density at radius 1 is 1.50 bits per heavy atom. The Balaban J connectivity index is 2.16. The van der Waals surface area contributed by atoms with E-state index in [0.29, 0.717) is 11.1 Å². The standard InChI is InChI=1S/C11H14N2O3/c1-13(7-14)5-4-8-2-3-9-10(6-8)16-11(15)12-9/h2-3,6,14H,4-5,7H2,1H3,(H,12,15). The van der Waals surface area contributed by atoms with Crippen LogP contribution in [0, 0.1) is 0 Å². The minimum atomic E-state index is -0.431. The quantitative estimate of drug-likeness (QED) is 0.741. The molecule has 86 valence electrons. The van der Waals surface area contributed by atoms with Gasteiger partial charge in [-0.1, -0.05) is 6.07 Å². The molecule has 0 atom stereocenters. The smallest absolute Gasteiger partial charge is 0.408 e. The fourth-order valence-corrected chi connectivity index (χ4v) is 1.54. The van der Waals surface area contributed by atoms with E-state index in [4.69, 9.17) is 9.52 Å². The van der Waals surface area contributed by atoms with E-state index < -0.39 is 5.76 Å². The maximum atomic E-state index is 10.9. The van der Waals surface area contributed by atoms with Gasteiger partial charge in [-0.3, -0.25) is 9.88 Å². The van der Waals surface area contributed by atoms with E-state index in [1.165, 1.54) is 0 Å². The van der Waals surface area contributed by atoms with Crippen molar-refractivity contribution in [3.8, 4) is 0 Å². The van der Waals surface area contributed by atoms with Crippen molar-refractivity contribution in [3.05, 3.63) is 34.3 Å². The van der Waals surface area contributed by atoms with Gasteiger partial charge in [-0.15, -0.1) is 0 Å². The lowest BCUT2D eigenvalue weighted by Gasteiger charge is -2.12. The van der Waals surface area contributed by atoms with Crippen molar-refractivity contribution in [2.45, 2.75) is 6.42 Å². The zero-order valence-corrected chi connectivity index (χ0v) is 9.06. The van der Waals surface area contributed by atoms with Gasteiger partial charge in [0.15, 0.2) is 5.58 Å². The molecule has 0 radical (unpaired) electrons. The Morgan fingerprint density at radius 2 is 2.31 bits per heavy atom. The fraction of sp³-hybridized carbons (Fsp3) is 0.364. The number of H-pyrrole nitrogens is 1. The number of aliphatic hydroxyl groups is 1. The lowest BCUT2D eigenvalue weighted by Crippen LogP contribution is -2.21. The lowest BCUT2D eigenvalue weighted by atomic mass is 10.1. The molecule has 16 heavy (non-hydrogen) atoms. The van der Waals surface area contributed by atoms with Crippen LogP contribution in [-0.2, 0) is 6.42 Å². The van der Waals surface area contributed by atoms with Crippen molar-refractivity contribution in [3.63, 3.8) is 0 Å². The SMILES string of the molecule is CN(CO)CCc1ccc2[nH]c(=O)oc2c1. The minimum absolute atomic E-state index is 0.0431. The van der Waals surface area contributed by atoms with Gasteiger partial charge in [-0.25, -0.2) is 4.79 Å². The number of aliphatic hydroxyl groups excluding tert-OH is 1. The van der Waals surface area contributed by atoms with E-state index in [9.17, 15) is 4.79 Å². The van der Waals surface area contributed by atoms with Crippen molar-refractivity contribution >= 4 is 11.1 Å². The number of nitrogens with zero attached hydrogens (tertiary/aromatic N) is 1. The summed E-state index contributed by atoms with van der Waals surface area (Å²) in [5.74, 6) is -0.431. The number of likely N-dealkylation sites (N-methyl/N-ethyl adjacent to an activating group) is 1. The molecule has 2 aromatic rings. The summed E-state index contributed by atoms with van der Waals surface area (Å²) >= 11 is 0. The third-order valence-corrected chi connectivity index (χ3v) is 2.51. The molecule has 0 aliphatic carbocycles. The fourth-order valence-electron chi connectivity index (χ4n) is 1.54. The third-order valence-electron chi connectivity index (χ3n) is 2.51. The first kappa shape index (κ1) is 10.9. The average Bonchev–Trinajstić information content (AvgIpc) is 2.65. The molecule has 5 heteroatoms. The molecule has 1 aromatic heterocycles. The highest BCUT2D eigenvalue weighted by atomic mass is 16.4. The van der Waals surface area contributed by atoms with E-state index in [1.54, 1.807) is 4.90 Å². The number of oxazole rings is 1. The second kappa shape index (κ2) is 4.51. The van der Waals surface area contributed by atoms with Gasteiger partial charge in [0, 0.05) is 6.54 Å². The number of fused-ring (bicyclic) bond motifs is 1. The molecule has 0 aliphatic rings. The molecule has 0 fully saturated rings. The van der Waals surface area contributed by atoms with Crippen LogP contribution in [0.3, 0.4) is 0 Å². The summed E-state index contributed by atoms with van der Waals surface area (Å²) in [6.07, 6.45) is 0.807. The van der Waals surface area contributed by atoms with Gasteiger partial charge in [-0.05, 0) is 31.2 Å². The number of nitrogens with one attached hydrogen (secondary N) is 1. The maximum Gasteiger partial charge on any atom is 0.417 e. The molecular weight excluding hydrogens is 208 g/mol. The summed E-state index contributed by atoms with van der Waals surface area (Å²) in [5, 5.41) is 8.85. The summed E-state index contributed by atoms with van der Waals surface area (Å²) in [4.78, 5) is 15.3. The van der Waals surface area contributed by atoms with Crippen molar-refractivity contribution in [2.75, 3.05) is 20.3 Å². The zero-order valence-electron chi connectivity index (χ0n) is 9.06. The zero-order chi connectivity index (χ0) is 11.5. The highest BCUT2D eigenvalue weighted by molar-refractivity contribution is 5.72. The van der Waals surface area contributed by atoms with Crippen molar-refractivity contribution in [1.82, 2.24) is 9.88 Å². The molecule has 0 aliphatic heterocycles. The number of benzene rings is 1. The Morgan fingerprint density at radius 3 is 3.06 bits per heavy atom. The summed E-state index contributed by atoms with van der Waals surface area (Å²) in [7, 11) is 1.84. The van der Waals surface area contributed by atoms with Gasteiger partial charge in [0.05, 0.1) is 12.2 Å². The van der Waals surface area contributed by atoms with Crippen LogP contribution >= 0.6 is 0 Å². The number of aromatic nitrogens is 1. The molecule has 0 spiro atoms. The molecule has 1 heterocycles. The largest absolute Gasteiger partial charge is 0.417 e. The summed E-state index contributed by atoms with van der Waals surface area (Å²) in [6, 6.07) is 5.62. The van der Waals surface area contributed by atoms with Crippen LogP contribution < -0.4 is 5.76 Å². The van der Waals surface area contributed by atoms with Crippen molar-refractivity contribution < 1.29 is 9.52 Å². The Kier molecular flexibility index (Phi) is 3.07. The first-order valence-electron chi connectivity index (χ1n) is 5.10. The monoisotopic (exact) mass is 222 g/mol. The van der Waals surface area contributed by atoms with Crippen LogP contribution in [0.4, 0.5) is 0 Å². The molecule has 0 unspecified atom stereocenters. The van der Waals surface area contributed by atoms with Crippen LogP contribution in [0.25, 0.3) is 11.1 Å². The third kappa shape index (κ3) is 2.32. The number of rotatable bonds is 4. The molecule has 2 rings (SSSR count). The predicted molar refractivity (Wildman–Crippen MR) is 60.3 cm³/mol. The molecule has 2 N–H and O–H groups in total. The van der Waals surface area contributed by atoms with Crippen molar-refractivity contribution in [2.24, 2.45) is 0 Å². The molecule has 0 saturated carbocycles. The highest BCUT2D eigenvalue weighted by Gasteiger charge is 2.03. The van der Waals surface area contributed by atoms with E-state index in [-0.39, 0.29) is 6.73 Å². The normalized spacial score (nSPS) is 11.4. The van der Waals surface area contributed by atoms with Gasteiger partial charge >= 0.3 is 5.76 Å². The second-order valence-electron chi connectivity index (χ2n) is 3.82. The highest BCUT2D eigenvalue weighted by Crippen LogP contribution is 2.12. The van der Waals surface area contributed by atoms with E-state index in [1.807, 2.05) is 25.2 Å². The van der Waals surface area contributed by atoms with Crippen molar-refractivity contribution in [1.29, 1.82) is 0 Å². The topological polar surface area (TPSA) is 69.5 Å². The van der Waals surface area contributed by atoms with Gasteiger partial charge in [0.1, 0.15) is 0 Å². The van der Waals surface area contributed by atoms with Gasteiger partial charge in [0.25, 0.3) is 0 Å². The van der Waals surface area contributed by atoms with Crippen LogP contribution in [0.1, 0.15) is 5.56 Å². The predicted octanol–water partition coefficient (Wildman–Crippen LogP) is 0.545. The van der Waals surface area contributed by atoms with Gasteiger partial charge < -0.3 is 9.52 Å². The van der Waals surface area contributed by atoms with Gasteiger partial charge in [-0.2, -0.15) is 0 Å². The molecular formula is C11H14N2O3. The van der Waals surface area contributed by atoms with Crippen LogP contribution in [0.5, 0.6) is 0 Å². The van der Waals surface area contributed by atoms with Crippen LogP contribution in [0.15, 0.2) is 27.4 Å². The van der Waals surface area contributed by atoms with E-state index >= 15 is 0 Å². The first-order valence-corrected chi connectivity index (χ1v) is 5.10. The lowest BCUT2D eigenvalue weighted by molar-refractivity contribution is 0.134. The molecule has 0 bridgehead atoms. The number of hydrogen-bond acceptors (Lipinski definition) is 4. The molecule has 0 amide bonds. The summed E-state index contributed by atoms with van der Waals surface area (Å²) in [6.45, 7) is 0.804. The average molecular weight is 222 g/mol. The molecule has 0 saturated heterocycles. The molecule has 1 aromatic carbocycles. The summed E-state index contributed by atoms with van der Waals surface area (Å²) in [5.41, 5.74) is 2.37. The Hall–Kier alpha value is -1.59. The second-order valence-corrected chi connectivity index (χ2v) is 3.82. The Labute approximate surface area is 92.3 Å². The first-order chi connectivity index (χ1) is 7.69. The maximum absolute atomic E-state index is 10.9. The summed E-state index contributed by atoms with van der Waals surface area (Å²) < 4.78 is 4.97.